The van der Waals surface area contributed by atoms with E-state index in [1.807, 2.05) is 0 Å². The standard InChI is InChI=1S/C62H38/c1-3-12-44-34-48(26-22-39(44)10-1)46-16-8-18-51(36-46)60-54-20-5-6-21-55(54)61(52-19-9-17-47(37-52)49-27-23-40-11-2-4-13-45(40)35-49)58-38-50(30-33-57(58)60)53-31-28-43-25-24-41-14-7-15-42-29-32-56(53)62(43)59(41)42/h1-38H. The lowest BCUT2D eigenvalue weighted by atomic mass is 9.83. The van der Waals surface area contributed by atoms with Crippen molar-refractivity contribution in [3.8, 4) is 55.6 Å². The first-order chi connectivity index (χ1) is 30.7. The lowest BCUT2D eigenvalue weighted by Crippen LogP contribution is -1.93. The van der Waals surface area contributed by atoms with Gasteiger partial charge in [0, 0.05) is 0 Å². The molecule has 0 radical (unpaired) electrons. The van der Waals surface area contributed by atoms with E-state index in [0.29, 0.717) is 0 Å². The molecular weight excluding hydrogens is 745 g/mol. The van der Waals surface area contributed by atoms with Crippen LogP contribution in [0, 0.1) is 0 Å². The zero-order chi connectivity index (χ0) is 40.7. The van der Waals surface area contributed by atoms with Crippen LogP contribution in [0.2, 0.25) is 0 Å². The highest BCUT2D eigenvalue weighted by Crippen LogP contribution is 2.47. The lowest BCUT2D eigenvalue weighted by Gasteiger charge is -2.20. The molecule has 286 valence electrons. The Morgan fingerprint density at radius 3 is 1.21 bits per heavy atom. The van der Waals surface area contributed by atoms with Gasteiger partial charge in [0.1, 0.15) is 0 Å². The molecule has 0 unspecified atom stereocenters. The van der Waals surface area contributed by atoms with E-state index < -0.39 is 0 Å². The molecule has 13 rings (SSSR count). The van der Waals surface area contributed by atoms with Crippen molar-refractivity contribution in [1.82, 2.24) is 0 Å². The average Bonchev–Trinajstić information content (AvgIpc) is 3.34. The molecule has 0 N–H and O–H groups in total. The van der Waals surface area contributed by atoms with Crippen molar-refractivity contribution in [3.63, 3.8) is 0 Å². The predicted octanol–water partition coefficient (Wildman–Crippen LogP) is 17.5. The molecule has 0 atom stereocenters. The normalized spacial score (nSPS) is 11.9. The third kappa shape index (κ3) is 5.47. The van der Waals surface area contributed by atoms with Crippen molar-refractivity contribution in [3.05, 3.63) is 231 Å². The van der Waals surface area contributed by atoms with Gasteiger partial charge in [0.25, 0.3) is 0 Å². The van der Waals surface area contributed by atoms with Crippen LogP contribution in [0.25, 0.3) is 131 Å². The van der Waals surface area contributed by atoms with E-state index in [2.05, 4.69) is 231 Å². The molecule has 0 aromatic heterocycles. The van der Waals surface area contributed by atoms with Gasteiger partial charge in [0.2, 0.25) is 0 Å². The predicted molar refractivity (Wildman–Crippen MR) is 267 cm³/mol. The molecule has 62 heavy (non-hydrogen) atoms. The summed E-state index contributed by atoms with van der Waals surface area (Å²) in [6, 6.07) is 85.9. The van der Waals surface area contributed by atoms with Crippen LogP contribution in [-0.4, -0.2) is 0 Å². The third-order valence-corrected chi connectivity index (χ3v) is 13.3. The number of hydrogen-bond donors (Lipinski definition) is 0. The van der Waals surface area contributed by atoms with Crippen molar-refractivity contribution >= 4 is 75.4 Å². The van der Waals surface area contributed by atoms with Crippen LogP contribution in [0.5, 0.6) is 0 Å². The molecule has 0 spiro atoms. The van der Waals surface area contributed by atoms with Crippen LogP contribution in [0.3, 0.4) is 0 Å². The summed E-state index contributed by atoms with van der Waals surface area (Å²) in [6.45, 7) is 0. The summed E-state index contributed by atoms with van der Waals surface area (Å²) >= 11 is 0. The fourth-order valence-electron chi connectivity index (χ4n) is 10.4. The monoisotopic (exact) mass is 782 g/mol. The Morgan fingerprint density at radius 1 is 0.177 bits per heavy atom. The smallest absolute Gasteiger partial charge is 0.00206 e. The number of benzene rings is 13. The average molecular weight is 783 g/mol. The summed E-state index contributed by atoms with van der Waals surface area (Å²) < 4.78 is 0. The number of rotatable bonds is 5. The SMILES string of the molecule is c1cc(-c2ccc3ccccc3c2)cc(-c2c3ccccc3c(-c3cccc(-c4ccc5ccccc5c4)c3)c3cc(-c4ccc5ccc6cccc7ccc4c5c67)ccc23)c1. The highest BCUT2D eigenvalue weighted by Gasteiger charge is 2.20. The molecule has 0 heterocycles. The molecule has 13 aromatic rings. The van der Waals surface area contributed by atoms with Crippen LogP contribution in [0.1, 0.15) is 0 Å². The van der Waals surface area contributed by atoms with Crippen molar-refractivity contribution < 1.29 is 0 Å². The van der Waals surface area contributed by atoms with Crippen molar-refractivity contribution in [2.45, 2.75) is 0 Å². The maximum atomic E-state index is 2.47. The summed E-state index contributed by atoms with van der Waals surface area (Å²) in [7, 11) is 0. The first-order valence-corrected chi connectivity index (χ1v) is 21.6. The minimum atomic E-state index is 1.21. The van der Waals surface area contributed by atoms with Gasteiger partial charge in [-0.05, 0) is 161 Å². The molecule has 13 aromatic carbocycles. The van der Waals surface area contributed by atoms with Gasteiger partial charge in [-0.25, -0.2) is 0 Å². The van der Waals surface area contributed by atoms with Crippen molar-refractivity contribution in [2.24, 2.45) is 0 Å². The van der Waals surface area contributed by atoms with Gasteiger partial charge in [-0.2, -0.15) is 0 Å². The minimum absolute atomic E-state index is 1.21. The Morgan fingerprint density at radius 2 is 0.581 bits per heavy atom. The van der Waals surface area contributed by atoms with E-state index >= 15 is 0 Å². The fraction of sp³-hybridized carbons (Fsp3) is 0. The molecule has 0 heteroatoms. The minimum Gasteiger partial charge on any atom is -0.0616 e. The summed E-state index contributed by atoms with van der Waals surface area (Å²) in [6.07, 6.45) is 0. The van der Waals surface area contributed by atoms with E-state index in [1.165, 1.54) is 131 Å². The van der Waals surface area contributed by atoms with E-state index in [9.17, 15) is 0 Å². The zero-order valence-electron chi connectivity index (χ0n) is 33.9. The Labute approximate surface area is 359 Å². The zero-order valence-corrected chi connectivity index (χ0v) is 33.9. The molecule has 0 saturated heterocycles. The van der Waals surface area contributed by atoms with E-state index in [0.717, 1.165) is 0 Å². The Bertz CT molecular complexity index is 3910. The fourth-order valence-corrected chi connectivity index (χ4v) is 10.4. The van der Waals surface area contributed by atoms with Crippen LogP contribution in [-0.2, 0) is 0 Å². The second kappa shape index (κ2) is 13.7. The Balaban J connectivity index is 1.08. The number of fused-ring (bicyclic) bond motifs is 4. The Hall–Kier alpha value is -8.06. The van der Waals surface area contributed by atoms with Gasteiger partial charge in [0.15, 0.2) is 0 Å². The first-order valence-electron chi connectivity index (χ1n) is 21.6. The van der Waals surface area contributed by atoms with E-state index in [-0.39, 0.29) is 0 Å². The number of hydrogen-bond acceptors (Lipinski definition) is 0. The quantitative estimate of drug-likeness (QED) is 0.120. The van der Waals surface area contributed by atoms with Gasteiger partial charge < -0.3 is 0 Å². The van der Waals surface area contributed by atoms with Gasteiger partial charge in [-0.3, -0.25) is 0 Å². The molecule has 0 aliphatic rings. The van der Waals surface area contributed by atoms with E-state index in [4.69, 9.17) is 0 Å². The maximum absolute atomic E-state index is 2.47. The van der Waals surface area contributed by atoms with Gasteiger partial charge >= 0.3 is 0 Å². The topological polar surface area (TPSA) is 0 Å². The summed E-state index contributed by atoms with van der Waals surface area (Å²) in [5.74, 6) is 0. The van der Waals surface area contributed by atoms with Gasteiger partial charge in [-0.15, -0.1) is 0 Å². The molecular formula is C62H38. The largest absolute Gasteiger partial charge is 0.0616 e. The molecule has 0 aliphatic carbocycles. The van der Waals surface area contributed by atoms with Crippen LogP contribution in [0.15, 0.2) is 231 Å². The summed E-state index contributed by atoms with van der Waals surface area (Å²) in [4.78, 5) is 0. The summed E-state index contributed by atoms with van der Waals surface area (Å²) in [5.41, 5.74) is 12.3. The molecule has 0 nitrogen and oxygen atoms in total. The lowest BCUT2D eigenvalue weighted by molar-refractivity contribution is 1.61. The van der Waals surface area contributed by atoms with Crippen molar-refractivity contribution in [1.29, 1.82) is 0 Å². The summed E-state index contributed by atoms with van der Waals surface area (Å²) in [5, 5.41) is 17.8. The van der Waals surface area contributed by atoms with Crippen LogP contribution < -0.4 is 0 Å². The third-order valence-electron chi connectivity index (χ3n) is 13.3. The second-order valence-corrected chi connectivity index (χ2v) is 16.8. The first kappa shape index (κ1) is 34.8. The molecule has 0 amide bonds. The van der Waals surface area contributed by atoms with Gasteiger partial charge in [0.05, 0.1) is 0 Å². The maximum Gasteiger partial charge on any atom is -0.00206 e. The highest BCUT2D eigenvalue weighted by molar-refractivity contribution is 6.26. The molecule has 0 saturated carbocycles. The molecule has 0 aliphatic heterocycles. The van der Waals surface area contributed by atoms with Crippen LogP contribution in [0.4, 0.5) is 0 Å². The van der Waals surface area contributed by atoms with Crippen LogP contribution >= 0.6 is 0 Å². The van der Waals surface area contributed by atoms with E-state index in [1.54, 1.807) is 0 Å². The molecule has 0 bridgehead atoms. The highest BCUT2D eigenvalue weighted by atomic mass is 14.2. The second-order valence-electron chi connectivity index (χ2n) is 16.8. The Kier molecular flexibility index (Phi) is 7.71. The van der Waals surface area contributed by atoms with Gasteiger partial charge in [-0.1, -0.05) is 200 Å². The van der Waals surface area contributed by atoms with Crippen molar-refractivity contribution in [2.75, 3.05) is 0 Å². The molecule has 0 fully saturated rings.